The lowest BCUT2D eigenvalue weighted by atomic mass is 9.99. The first-order valence-electron chi connectivity index (χ1n) is 7.00. The minimum Gasteiger partial charge on any atom is -0.350 e. The van der Waals surface area contributed by atoms with Crippen LogP contribution in [0.15, 0.2) is 28.7 Å². The number of halogens is 1. The van der Waals surface area contributed by atoms with E-state index in [2.05, 4.69) is 51.2 Å². The number of hydrogen-bond acceptors (Lipinski definition) is 3. The summed E-state index contributed by atoms with van der Waals surface area (Å²) in [7, 11) is 0. The van der Waals surface area contributed by atoms with E-state index < -0.39 is 0 Å². The zero-order chi connectivity index (χ0) is 14.8. The van der Waals surface area contributed by atoms with Crippen LogP contribution in [-0.4, -0.2) is 17.5 Å². The molecule has 1 saturated heterocycles. The van der Waals surface area contributed by atoms with Crippen LogP contribution in [0.2, 0.25) is 0 Å². The van der Waals surface area contributed by atoms with Gasteiger partial charge >= 0.3 is 0 Å². The summed E-state index contributed by atoms with van der Waals surface area (Å²) in [6.07, 6.45) is 1.67. The number of rotatable bonds is 4. The van der Waals surface area contributed by atoms with Gasteiger partial charge in [0.2, 0.25) is 5.91 Å². The van der Waals surface area contributed by atoms with Crippen molar-refractivity contribution >= 4 is 21.8 Å². The third-order valence-electron chi connectivity index (χ3n) is 3.84. The van der Waals surface area contributed by atoms with Gasteiger partial charge in [0.1, 0.15) is 6.04 Å². The Morgan fingerprint density at radius 1 is 1.35 bits per heavy atom. The molecule has 1 aliphatic heterocycles. The smallest absolute Gasteiger partial charge is 0.238 e. The number of hydrogen-bond donors (Lipinski definition) is 3. The summed E-state index contributed by atoms with van der Waals surface area (Å²) in [6, 6.07) is 8.16. The van der Waals surface area contributed by atoms with Crippen LogP contribution >= 0.6 is 15.9 Å². The Balaban J connectivity index is 1.95. The topological polar surface area (TPSA) is 53.2 Å². The van der Waals surface area contributed by atoms with Crippen LogP contribution in [0.25, 0.3) is 0 Å². The molecule has 1 amide bonds. The van der Waals surface area contributed by atoms with Gasteiger partial charge in [0.25, 0.3) is 0 Å². The highest BCUT2D eigenvalue weighted by molar-refractivity contribution is 9.10. The molecule has 2 unspecified atom stereocenters. The molecule has 1 aliphatic rings. The fourth-order valence-corrected chi connectivity index (χ4v) is 2.42. The number of carbonyl (C=O) groups is 1. The maximum absolute atomic E-state index is 12.2. The van der Waals surface area contributed by atoms with Crippen molar-refractivity contribution in [2.45, 2.75) is 51.2 Å². The van der Waals surface area contributed by atoms with Crippen LogP contribution in [-0.2, 0) is 4.79 Å². The highest BCUT2D eigenvalue weighted by atomic mass is 79.9. The lowest BCUT2D eigenvalue weighted by molar-refractivity contribution is -0.124. The predicted octanol–water partition coefficient (Wildman–Crippen LogP) is 2.66. The number of hydrazine groups is 1. The number of nitrogens with one attached hydrogen (secondary N) is 3. The highest BCUT2D eigenvalue weighted by Gasteiger charge is 2.32. The summed E-state index contributed by atoms with van der Waals surface area (Å²) in [4.78, 5) is 12.2. The van der Waals surface area contributed by atoms with Gasteiger partial charge in [-0.15, -0.1) is 0 Å². The van der Waals surface area contributed by atoms with Crippen molar-refractivity contribution in [3.63, 3.8) is 0 Å². The third kappa shape index (κ3) is 3.81. The first-order valence-corrected chi connectivity index (χ1v) is 7.79. The van der Waals surface area contributed by atoms with E-state index in [0.29, 0.717) is 0 Å². The maximum Gasteiger partial charge on any atom is 0.238 e. The summed E-state index contributed by atoms with van der Waals surface area (Å²) in [5.74, 6) is 0.0592. The zero-order valence-corrected chi connectivity index (χ0v) is 13.8. The Morgan fingerprint density at radius 3 is 2.60 bits per heavy atom. The molecule has 4 nitrogen and oxygen atoms in total. The lowest BCUT2D eigenvalue weighted by Gasteiger charge is -2.26. The van der Waals surface area contributed by atoms with E-state index in [4.69, 9.17) is 0 Å². The first-order chi connectivity index (χ1) is 9.41. The molecule has 3 N–H and O–H groups in total. The number of amides is 1. The van der Waals surface area contributed by atoms with Crippen LogP contribution in [0.3, 0.4) is 0 Å². The van der Waals surface area contributed by atoms with Crippen LogP contribution < -0.4 is 16.2 Å². The van der Waals surface area contributed by atoms with Crippen molar-refractivity contribution in [2.24, 2.45) is 0 Å². The van der Waals surface area contributed by atoms with Gasteiger partial charge in [0.05, 0.1) is 0 Å². The van der Waals surface area contributed by atoms with Crippen molar-refractivity contribution in [2.75, 3.05) is 0 Å². The molecule has 1 aromatic rings. The third-order valence-corrected chi connectivity index (χ3v) is 4.37. The van der Waals surface area contributed by atoms with Gasteiger partial charge < -0.3 is 5.32 Å². The summed E-state index contributed by atoms with van der Waals surface area (Å²) >= 11 is 3.43. The monoisotopic (exact) mass is 339 g/mol. The van der Waals surface area contributed by atoms with E-state index in [9.17, 15) is 4.79 Å². The van der Waals surface area contributed by atoms with E-state index in [-0.39, 0.29) is 23.5 Å². The molecule has 110 valence electrons. The molecule has 0 bridgehead atoms. The molecule has 0 saturated carbocycles. The lowest BCUT2D eigenvalue weighted by Crippen LogP contribution is -2.51. The van der Waals surface area contributed by atoms with E-state index in [1.54, 1.807) is 0 Å². The van der Waals surface area contributed by atoms with Crippen LogP contribution in [0.5, 0.6) is 0 Å². The van der Waals surface area contributed by atoms with Gasteiger partial charge in [-0.3, -0.25) is 4.79 Å². The summed E-state index contributed by atoms with van der Waals surface area (Å²) in [6.45, 7) is 6.16. The summed E-state index contributed by atoms with van der Waals surface area (Å²) < 4.78 is 1.06. The molecule has 1 heterocycles. The van der Waals surface area contributed by atoms with Crippen molar-refractivity contribution in [3.05, 3.63) is 34.3 Å². The average molecular weight is 340 g/mol. The summed E-state index contributed by atoms with van der Waals surface area (Å²) in [5, 5.41) is 3.08. The Kier molecular flexibility index (Phi) is 4.83. The maximum atomic E-state index is 12.2. The van der Waals surface area contributed by atoms with Gasteiger partial charge in [0, 0.05) is 16.1 Å². The second kappa shape index (κ2) is 6.24. The zero-order valence-electron chi connectivity index (χ0n) is 12.2. The molecule has 2 atom stereocenters. The normalized spacial score (nSPS) is 22.8. The van der Waals surface area contributed by atoms with Crippen molar-refractivity contribution in [3.8, 4) is 0 Å². The molecule has 0 aliphatic carbocycles. The SMILES string of the molecule is CCC(C)(C)NC(=O)C1CC(c2ccc(Br)cc2)NN1. The minimum atomic E-state index is -0.186. The molecule has 1 fully saturated rings. The minimum absolute atomic E-state index is 0.0592. The molecule has 0 aromatic heterocycles. The molecule has 5 heteroatoms. The van der Waals surface area contributed by atoms with Gasteiger partial charge in [-0.2, -0.15) is 0 Å². The fourth-order valence-electron chi connectivity index (χ4n) is 2.15. The molecule has 20 heavy (non-hydrogen) atoms. The molecule has 2 rings (SSSR count). The summed E-state index contributed by atoms with van der Waals surface area (Å²) in [5.41, 5.74) is 7.32. The van der Waals surface area contributed by atoms with Crippen LogP contribution in [0, 0.1) is 0 Å². The Morgan fingerprint density at radius 2 is 2.00 bits per heavy atom. The van der Waals surface area contributed by atoms with Gasteiger partial charge in [-0.1, -0.05) is 35.0 Å². The quantitative estimate of drug-likeness (QED) is 0.790. The molecular weight excluding hydrogens is 318 g/mol. The largest absolute Gasteiger partial charge is 0.350 e. The van der Waals surface area contributed by atoms with E-state index >= 15 is 0 Å². The second-order valence-corrected chi connectivity index (χ2v) is 6.82. The predicted molar refractivity (Wildman–Crippen MR) is 84.1 cm³/mol. The van der Waals surface area contributed by atoms with Crippen LogP contribution in [0.1, 0.15) is 45.2 Å². The average Bonchev–Trinajstić information content (AvgIpc) is 2.89. The standard InChI is InChI=1S/C15H22BrN3O/c1-4-15(2,3)17-14(20)13-9-12(18-19-13)10-5-7-11(16)8-6-10/h5-8,12-13,18-19H,4,9H2,1-3H3,(H,17,20). The Bertz CT molecular complexity index is 473. The van der Waals surface area contributed by atoms with Crippen molar-refractivity contribution < 1.29 is 4.79 Å². The Labute approximate surface area is 128 Å². The molecule has 0 radical (unpaired) electrons. The van der Waals surface area contributed by atoms with E-state index in [0.717, 1.165) is 17.3 Å². The first kappa shape index (κ1) is 15.5. The molecule has 0 spiro atoms. The highest BCUT2D eigenvalue weighted by Crippen LogP contribution is 2.24. The van der Waals surface area contributed by atoms with Crippen molar-refractivity contribution in [1.29, 1.82) is 0 Å². The fraction of sp³-hybridized carbons (Fsp3) is 0.533. The number of benzene rings is 1. The van der Waals surface area contributed by atoms with Gasteiger partial charge in [0.15, 0.2) is 0 Å². The molecular formula is C15H22BrN3O. The van der Waals surface area contributed by atoms with E-state index in [1.807, 2.05) is 26.0 Å². The molecule has 1 aromatic carbocycles. The number of carbonyl (C=O) groups excluding carboxylic acids is 1. The van der Waals surface area contributed by atoms with Crippen LogP contribution in [0.4, 0.5) is 0 Å². The van der Waals surface area contributed by atoms with E-state index in [1.165, 1.54) is 5.56 Å². The van der Waals surface area contributed by atoms with Gasteiger partial charge in [-0.05, 0) is 44.4 Å². The second-order valence-electron chi connectivity index (χ2n) is 5.91. The van der Waals surface area contributed by atoms with Gasteiger partial charge in [-0.25, -0.2) is 10.9 Å². The Hall–Kier alpha value is -0.910. The van der Waals surface area contributed by atoms with Crippen molar-refractivity contribution in [1.82, 2.24) is 16.2 Å².